The zero-order chi connectivity index (χ0) is 16.7. The monoisotopic (exact) mass is 457 g/mol. The minimum absolute atomic E-state index is 0.126. The summed E-state index contributed by atoms with van der Waals surface area (Å²) in [5.74, 6) is 0.586. The molecule has 2 aliphatic rings. The average molecular weight is 460 g/mol. The van der Waals surface area contributed by atoms with E-state index in [1.807, 2.05) is 36.4 Å². The lowest BCUT2D eigenvalue weighted by Gasteiger charge is -2.36. The molecular formula is C16H14Br2ClN3O. The Balaban J connectivity index is 2.31. The Morgan fingerprint density at radius 1 is 1.30 bits per heavy atom. The number of allylic oxidation sites excluding steroid dienone is 2. The van der Waals surface area contributed by atoms with E-state index in [2.05, 4.69) is 37.2 Å². The van der Waals surface area contributed by atoms with Crippen molar-refractivity contribution < 1.29 is 4.74 Å². The summed E-state index contributed by atoms with van der Waals surface area (Å²) < 4.78 is -0.823. The van der Waals surface area contributed by atoms with Gasteiger partial charge in [0.15, 0.2) is 14.6 Å². The fourth-order valence-electron chi connectivity index (χ4n) is 2.72. The van der Waals surface area contributed by atoms with Crippen molar-refractivity contribution in [2.45, 2.75) is 8.77 Å². The summed E-state index contributed by atoms with van der Waals surface area (Å²) in [5.41, 5.74) is 1.36. The molecule has 0 spiro atoms. The number of benzene rings is 1. The summed E-state index contributed by atoms with van der Waals surface area (Å²) >= 11 is 13.7. The molecule has 7 heteroatoms. The van der Waals surface area contributed by atoms with Crippen molar-refractivity contribution in [2.75, 3.05) is 13.6 Å². The average Bonchev–Trinajstić information content (AvgIpc) is 2.60. The second-order valence-electron chi connectivity index (χ2n) is 5.31. The molecule has 1 N–H and O–H groups in total. The number of nitrogens with zero attached hydrogens (tertiary/aromatic N) is 2. The number of amidine groups is 1. The summed E-state index contributed by atoms with van der Waals surface area (Å²) in [6.07, 6.45) is 5.43. The number of alkyl halides is 2. The molecule has 1 aromatic carbocycles. The third-order valence-electron chi connectivity index (χ3n) is 3.83. The van der Waals surface area contributed by atoms with Crippen LogP contribution >= 0.6 is 43.5 Å². The molecule has 0 bridgehead atoms. The number of halogens is 3. The molecule has 2 unspecified atom stereocenters. The number of nitrogens with one attached hydrogen (secondary N) is 1. The Hall–Kier alpha value is -1.11. The molecule has 0 saturated heterocycles. The van der Waals surface area contributed by atoms with Crippen molar-refractivity contribution in [1.29, 1.82) is 0 Å². The summed E-state index contributed by atoms with van der Waals surface area (Å²) in [6.45, 7) is 0.126. The Labute approximate surface area is 156 Å². The van der Waals surface area contributed by atoms with Gasteiger partial charge in [-0.15, -0.1) is 0 Å². The largest absolute Gasteiger partial charge is 0.623 e. The molecule has 120 valence electrons. The lowest BCUT2D eigenvalue weighted by Crippen LogP contribution is -2.50. The van der Waals surface area contributed by atoms with Crippen LogP contribution in [0.15, 0.2) is 58.6 Å². The number of rotatable bonds is 1. The number of hydrogen-bond donors (Lipinski definition) is 1. The van der Waals surface area contributed by atoms with Crippen LogP contribution < -0.4 is 5.32 Å². The van der Waals surface area contributed by atoms with Crippen LogP contribution in [0.5, 0.6) is 0 Å². The first-order valence-corrected chi connectivity index (χ1v) is 8.95. The topological polar surface area (TPSA) is 50.5 Å². The zero-order valence-corrected chi connectivity index (χ0v) is 16.2. The Bertz CT molecular complexity index is 760. The molecule has 3 rings (SSSR count). The third kappa shape index (κ3) is 2.77. The highest BCUT2D eigenvalue weighted by Crippen LogP contribution is 2.49. The highest BCUT2D eigenvalue weighted by molar-refractivity contribution is 9.13. The van der Waals surface area contributed by atoms with Crippen LogP contribution in [0.4, 0.5) is 0 Å². The van der Waals surface area contributed by atoms with Crippen LogP contribution in [0.25, 0.3) is 0 Å². The smallest absolute Gasteiger partial charge is 0.219 e. The second-order valence-corrected chi connectivity index (χ2v) is 8.20. The van der Waals surface area contributed by atoms with Gasteiger partial charge >= 0.3 is 0 Å². The van der Waals surface area contributed by atoms with E-state index in [0.717, 1.165) is 10.3 Å². The molecule has 1 aliphatic carbocycles. The second kappa shape index (κ2) is 6.07. The number of fused-ring (bicyclic) bond motifs is 1. The predicted octanol–water partition coefficient (Wildman–Crippen LogP) is 3.53. The molecular weight excluding hydrogens is 445 g/mol. The van der Waals surface area contributed by atoms with Crippen molar-refractivity contribution >= 4 is 55.0 Å². The molecule has 23 heavy (non-hydrogen) atoms. The van der Waals surface area contributed by atoms with Gasteiger partial charge < -0.3 is 10.5 Å². The SMILES string of the molecule is CNC1=NC2(Br)C=CC(Cl)=CC2(Br)C(c2ccccc2)=[N+]([O-])C1. The molecule has 0 fully saturated rings. The first-order chi connectivity index (χ1) is 10.9. The van der Waals surface area contributed by atoms with Gasteiger partial charge in [0.1, 0.15) is 0 Å². The first kappa shape index (κ1) is 16.7. The van der Waals surface area contributed by atoms with E-state index < -0.39 is 8.77 Å². The van der Waals surface area contributed by atoms with Gasteiger partial charge in [0.05, 0.1) is 0 Å². The van der Waals surface area contributed by atoms with Gasteiger partial charge in [0, 0.05) is 17.6 Å². The van der Waals surface area contributed by atoms with Gasteiger partial charge in [-0.2, -0.15) is 4.74 Å². The minimum Gasteiger partial charge on any atom is -0.623 e. The van der Waals surface area contributed by atoms with E-state index in [0.29, 0.717) is 16.6 Å². The van der Waals surface area contributed by atoms with Gasteiger partial charge in [-0.05, 0) is 30.4 Å². The van der Waals surface area contributed by atoms with E-state index in [9.17, 15) is 5.21 Å². The van der Waals surface area contributed by atoms with Gasteiger partial charge in [-0.3, -0.25) is 0 Å². The van der Waals surface area contributed by atoms with Crippen molar-refractivity contribution in [3.63, 3.8) is 0 Å². The van der Waals surface area contributed by atoms with E-state index in [4.69, 9.17) is 16.6 Å². The Morgan fingerprint density at radius 2 is 2.00 bits per heavy atom. The highest BCUT2D eigenvalue weighted by atomic mass is 79.9. The maximum atomic E-state index is 12.9. The highest BCUT2D eigenvalue weighted by Gasteiger charge is 2.56. The molecule has 1 aromatic rings. The zero-order valence-electron chi connectivity index (χ0n) is 12.3. The number of hydroxylamine groups is 1. The van der Waals surface area contributed by atoms with E-state index in [1.165, 1.54) is 0 Å². The third-order valence-corrected chi connectivity index (χ3v) is 6.87. The van der Waals surface area contributed by atoms with E-state index >= 15 is 0 Å². The maximum absolute atomic E-state index is 12.9. The summed E-state index contributed by atoms with van der Waals surface area (Å²) in [5, 5.41) is 16.4. The number of aliphatic imine (C=N–C) groups is 1. The van der Waals surface area contributed by atoms with Crippen molar-refractivity contribution in [3.8, 4) is 0 Å². The molecule has 4 nitrogen and oxygen atoms in total. The molecule has 1 heterocycles. The van der Waals surface area contributed by atoms with Gasteiger partial charge in [0.2, 0.25) is 12.3 Å². The van der Waals surface area contributed by atoms with Gasteiger partial charge in [0.25, 0.3) is 0 Å². The normalized spacial score (nSPS) is 30.3. The number of likely N-dealkylation sites (N-methyl/N-ethyl adjacent to an activating group) is 1. The van der Waals surface area contributed by atoms with Gasteiger partial charge in [-0.25, -0.2) is 4.99 Å². The summed E-state index contributed by atoms with van der Waals surface area (Å²) in [7, 11) is 1.75. The summed E-state index contributed by atoms with van der Waals surface area (Å²) in [6, 6.07) is 9.52. The van der Waals surface area contributed by atoms with Crippen LogP contribution in [-0.4, -0.2) is 38.7 Å². The predicted molar refractivity (Wildman–Crippen MR) is 102 cm³/mol. The van der Waals surface area contributed by atoms with Crippen molar-refractivity contribution in [3.05, 3.63) is 64.4 Å². The summed E-state index contributed by atoms with van der Waals surface area (Å²) in [4.78, 5) is 4.70. The molecule has 0 saturated carbocycles. The van der Waals surface area contributed by atoms with Gasteiger partial charge in [-0.1, -0.05) is 61.7 Å². The molecule has 0 amide bonds. The minimum atomic E-state index is -0.909. The van der Waals surface area contributed by atoms with E-state index in [-0.39, 0.29) is 6.54 Å². The van der Waals surface area contributed by atoms with Crippen LogP contribution in [0.3, 0.4) is 0 Å². The molecule has 2 atom stereocenters. The first-order valence-electron chi connectivity index (χ1n) is 6.99. The molecule has 1 aliphatic heterocycles. The lowest BCUT2D eigenvalue weighted by molar-refractivity contribution is -0.441. The maximum Gasteiger partial charge on any atom is 0.219 e. The fourth-order valence-corrected chi connectivity index (χ4v) is 4.62. The number of hydrogen-bond acceptors (Lipinski definition) is 3. The lowest BCUT2D eigenvalue weighted by atomic mass is 9.86. The molecule has 0 radical (unpaired) electrons. The Kier molecular flexibility index (Phi) is 4.42. The quantitative estimate of drug-likeness (QED) is 0.302. The van der Waals surface area contributed by atoms with Crippen LogP contribution in [0, 0.1) is 5.21 Å². The van der Waals surface area contributed by atoms with Crippen LogP contribution in [0.1, 0.15) is 5.56 Å². The fraction of sp³-hybridized carbons (Fsp3) is 0.250. The van der Waals surface area contributed by atoms with Crippen LogP contribution in [-0.2, 0) is 0 Å². The Morgan fingerprint density at radius 3 is 2.65 bits per heavy atom. The standard InChI is InChI=1S/C16H14Br2ClN3O/c1-20-13-10-22(23)14(11-5-3-2-4-6-11)15(17)9-12(19)7-8-16(15,18)21-13/h2-9H,10H2,1H3,(H,20,21). The van der Waals surface area contributed by atoms with Crippen molar-refractivity contribution in [2.24, 2.45) is 4.99 Å². The van der Waals surface area contributed by atoms with Crippen molar-refractivity contribution in [1.82, 2.24) is 5.32 Å². The van der Waals surface area contributed by atoms with E-state index in [1.54, 1.807) is 19.2 Å². The van der Waals surface area contributed by atoms with Crippen LogP contribution in [0.2, 0.25) is 0 Å². The molecule has 0 aromatic heterocycles.